The van der Waals surface area contributed by atoms with Crippen LogP contribution in [0.1, 0.15) is 15.9 Å². The summed E-state index contributed by atoms with van der Waals surface area (Å²) in [6.45, 7) is 0. The lowest BCUT2D eigenvalue weighted by Gasteiger charge is -2.17. The number of nitrogens with zero attached hydrogens (tertiary/aromatic N) is 1. The average molecular weight is 453 g/mol. The van der Waals surface area contributed by atoms with Crippen molar-refractivity contribution in [2.75, 3.05) is 0 Å². The number of hydrogen-bond donors (Lipinski definition) is 2. The van der Waals surface area contributed by atoms with Crippen LogP contribution in [0.2, 0.25) is 0 Å². The zero-order chi connectivity index (χ0) is 20.4. The number of fused-ring (bicyclic) bond motifs is 1. The van der Waals surface area contributed by atoms with E-state index in [4.69, 9.17) is 0 Å². The molecule has 0 aliphatic heterocycles. The number of carboxylic acid groups (broad SMARTS) is 1. The molecule has 28 heavy (non-hydrogen) atoms. The Labute approximate surface area is 165 Å². The van der Waals surface area contributed by atoms with E-state index >= 15 is 0 Å². The molecule has 1 heterocycles. The van der Waals surface area contributed by atoms with Gasteiger partial charge in [0, 0.05) is 18.0 Å². The first-order chi connectivity index (χ1) is 13.3. The first-order valence-corrected chi connectivity index (χ1v) is 8.78. The zero-order valence-electron chi connectivity index (χ0n) is 14.0. The van der Waals surface area contributed by atoms with Gasteiger partial charge in [-0.1, -0.05) is 12.1 Å². The monoisotopic (exact) mass is 452 g/mol. The van der Waals surface area contributed by atoms with Crippen molar-refractivity contribution in [2.45, 2.75) is 12.5 Å². The van der Waals surface area contributed by atoms with Crippen LogP contribution in [-0.2, 0) is 11.2 Å². The Morgan fingerprint density at radius 2 is 1.79 bits per heavy atom. The summed E-state index contributed by atoms with van der Waals surface area (Å²) in [6, 6.07) is 5.65. The van der Waals surface area contributed by atoms with Crippen molar-refractivity contribution in [1.82, 2.24) is 10.3 Å². The minimum absolute atomic E-state index is 0.121. The fourth-order valence-electron chi connectivity index (χ4n) is 2.78. The largest absolute Gasteiger partial charge is 0.480 e. The topological polar surface area (TPSA) is 79.3 Å². The van der Waals surface area contributed by atoms with Gasteiger partial charge in [-0.15, -0.1) is 0 Å². The van der Waals surface area contributed by atoms with Crippen molar-refractivity contribution in [3.63, 3.8) is 0 Å². The first kappa shape index (κ1) is 19.8. The van der Waals surface area contributed by atoms with Gasteiger partial charge < -0.3 is 10.4 Å². The predicted octanol–water partition coefficient (Wildman–Crippen LogP) is 3.84. The summed E-state index contributed by atoms with van der Waals surface area (Å²) >= 11 is 3.09. The third-order valence-electron chi connectivity index (χ3n) is 4.09. The Balaban J connectivity index is 1.95. The van der Waals surface area contributed by atoms with Crippen LogP contribution in [0, 0.1) is 17.5 Å². The van der Waals surface area contributed by atoms with Crippen LogP contribution in [0.4, 0.5) is 13.2 Å². The van der Waals surface area contributed by atoms with Crippen LogP contribution < -0.4 is 5.32 Å². The normalized spacial score (nSPS) is 12.0. The molecule has 144 valence electrons. The number of pyridine rings is 1. The van der Waals surface area contributed by atoms with Crippen molar-refractivity contribution < 1.29 is 27.9 Å². The van der Waals surface area contributed by atoms with Crippen LogP contribution in [0.15, 0.2) is 47.1 Å². The van der Waals surface area contributed by atoms with Gasteiger partial charge in [-0.2, -0.15) is 0 Å². The van der Waals surface area contributed by atoms with Gasteiger partial charge >= 0.3 is 5.97 Å². The standard InChI is InChI=1S/C19H12BrF3N2O3/c20-16-13(23)7-9(10-3-2-6-24-17(10)16)8-14(19(27)28)25-18(26)15-11(21)4-1-5-12(15)22/h1-7,14H,8H2,(H,25,26)(H,27,28). The highest BCUT2D eigenvalue weighted by molar-refractivity contribution is 9.10. The number of amides is 1. The zero-order valence-corrected chi connectivity index (χ0v) is 15.6. The molecule has 3 aromatic rings. The lowest BCUT2D eigenvalue weighted by Crippen LogP contribution is -2.43. The molecule has 0 bridgehead atoms. The molecule has 3 rings (SSSR count). The maximum absolute atomic E-state index is 14.2. The smallest absolute Gasteiger partial charge is 0.326 e. The number of rotatable bonds is 5. The second kappa shape index (κ2) is 7.97. The molecular weight excluding hydrogens is 441 g/mol. The highest BCUT2D eigenvalue weighted by atomic mass is 79.9. The number of aromatic nitrogens is 1. The van der Waals surface area contributed by atoms with E-state index in [-0.39, 0.29) is 22.0 Å². The summed E-state index contributed by atoms with van der Waals surface area (Å²) in [4.78, 5) is 27.9. The molecule has 0 radical (unpaired) electrons. The average Bonchev–Trinajstić information content (AvgIpc) is 2.65. The number of carbonyl (C=O) groups is 2. The fourth-order valence-corrected chi connectivity index (χ4v) is 3.21. The van der Waals surface area contributed by atoms with Crippen LogP contribution >= 0.6 is 15.9 Å². The Morgan fingerprint density at radius 1 is 1.11 bits per heavy atom. The van der Waals surface area contributed by atoms with E-state index < -0.39 is 40.9 Å². The molecule has 9 heteroatoms. The van der Waals surface area contributed by atoms with Gasteiger partial charge in [0.2, 0.25) is 0 Å². The molecule has 2 aromatic carbocycles. The molecular formula is C19H12BrF3N2O3. The van der Waals surface area contributed by atoms with Gasteiger partial charge in [0.15, 0.2) is 0 Å². The number of benzene rings is 2. The Kier molecular flexibility index (Phi) is 5.64. The minimum atomic E-state index is -1.55. The first-order valence-electron chi connectivity index (χ1n) is 7.99. The lowest BCUT2D eigenvalue weighted by molar-refractivity contribution is -0.139. The van der Waals surface area contributed by atoms with Crippen molar-refractivity contribution in [3.05, 3.63) is 75.6 Å². The molecule has 1 aromatic heterocycles. The summed E-state index contributed by atoms with van der Waals surface area (Å²) < 4.78 is 41.8. The number of aliphatic carboxylic acids is 1. The van der Waals surface area contributed by atoms with E-state index in [1.807, 2.05) is 0 Å². The van der Waals surface area contributed by atoms with Crippen LogP contribution in [0.3, 0.4) is 0 Å². The Morgan fingerprint density at radius 3 is 2.43 bits per heavy atom. The summed E-state index contributed by atoms with van der Waals surface area (Å²) in [5.41, 5.74) is -0.333. The van der Waals surface area contributed by atoms with Gasteiger partial charge in [0.05, 0.1) is 9.99 Å². The van der Waals surface area contributed by atoms with E-state index in [9.17, 15) is 27.9 Å². The van der Waals surface area contributed by atoms with Crippen LogP contribution in [0.5, 0.6) is 0 Å². The highest BCUT2D eigenvalue weighted by Gasteiger charge is 2.26. The third-order valence-corrected chi connectivity index (χ3v) is 4.84. The van der Waals surface area contributed by atoms with E-state index in [1.54, 1.807) is 12.1 Å². The summed E-state index contributed by atoms with van der Waals surface area (Å²) in [7, 11) is 0. The number of hydrogen-bond acceptors (Lipinski definition) is 3. The second-order valence-electron chi connectivity index (χ2n) is 5.90. The molecule has 0 saturated heterocycles. The van der Waals surface area contributed by atoms with Crippen molar-refractivity contribution >= 4 is 38.7 Å². The number of carbonyl (C=O) groups excluding carboxylic acids is 1. The summed E-state index contributed by atoms with van der Waals surface area (Å²) in [6.07, 6.45) is 1.14. The fraction of sp³-hybridized carbons (Fsp3) is 0.105. The minimum Gasteiger partial charge on any atom is -0.480 e. The molecule has 0 fully saturated rings. The number of carboxylic acids is 1. The summed E-state index contributed by atoms with van der Waals surface area (Å²) in [5.74, 6) is -5.55. The van der Waals surface area contributed by atoms with E-state index in [0.717, 1.165) is 24.3 Å². The van der Waals surface area contributed by atoms with Gasteiger partial charge in [0.1, 0.15) is 29.1 Å². The van der Waals surface area contributed by atoms with Crippen LogP contribution in [-0.4, -0.2) is 28.0 Å². The van der Waals surface area contributed by atoms with Gasteiger partial charge in [-0.25, -0.2) is 18.0 Å². The molecule has 0 saturated carbocycles. The lowest BCUT2D eigenvalue weighted by atomic mass is 10.0. The van der Waals surface area contributed by atoms with E-state index in [1.165, 1.54) is 6.20 Å². The molecule has 1 amide bonds. The molecule has 2 N–H and O–H groups in total. The number of halogens is 4. The molecule has 0 spiro atoms. The maximum Gasteiger partial charge on any atom is 0.326 e. The van der Waals surface area contributed by atoms with Crippen molar-refractivity contribution in [2.24, 2.45) is 0 Å². The maximum atomic E-state index is 14.2. The summed E-state index contributed by atoms with van der Waals surface area (Å²) in [5, 5.41) is 12.0. The molecule has 1 unspecified atom stereocenters. The van der Waals surface area contributed by atoms with E-state index in [2.05, 4.69) is 26.2 Å². The molecule has 1 atom stereocenters. The predicted molar refractivity (Wildman–Crippen MR) is 98.4 cm³/mol. The van der Waals surface area contributed by atoms with Crippen LogP contribution in [0.25, 0.3) is 10.9 Å². The third kappa shape index (κ3) is 3.84. The van der Waals surface area contributed by atoms with Gasteiger partial charge in [-0.05, 0) is 45.8 Å². The molecule has 5 nitrogen and oxygen atoms in total. The Hall–Kier alpha value is -2.94. The van der Waals surface area contributed by atoms with E-state index in [0.29, 0.717) is 5.39 Å². The Bertz CT molecular complexity index is 1070. The highest BCUT2D eigenvalue weighted by Crippen LogP contribution is 2.29. The number of nitrogens with one attached hydrogen (secondary N) is 1. The molecule has 0 aliphatic carbocycles. The van der Waals surface area contributed by atoms with Gasteiger partial charge in [0.25, 0.3) is 5.91 Å². The molecule has 0 aliphatic rings. The SMILES string of the molecule is O=C(NC(Cc1cc(F)c(Br)c2ncccc12)C(=O)O)c1c(F)cccc1F. The quantitative estimate of drug-likeness (QED) is 0.616. The van der Waals surface area contributed by atoms with Crippen molar-refractivity contribution in [1.29, 1.82) is 0 Å². The second-order valence-corrected chi connectivity index (χ2v) is 6.69. The van der Waals surface area contributed by atoms with Crippen molar-refractivity contribution in [3.8, 4) is 0 Å². The van der Waals surface area contributed by atoms with Gasteiger partial charge in [-0.3, -0.25) is 9.78 Å².